The minimum Gasteiger partial charge on any atom is -0.352 e. The van der Waals surface area contributed by atoms with E-state index in [2.05, 4.69) is 16.0 Å². The maximum Gasteiger partial charge on any atom is 0.239 e. The molecular weight excluding hydrogens is 218 g/mol. The van der Waals surface area contributed by atoms with Gasteiger partial charge in [0.2, 0.25) is 11.8 Å². The Bertz CT molecular complexity index is 317. The fraction of sp³-hybridized carbons (Fsp3) is 0.833. The van der Waals surface area contributed by atoms with E-state index in [9.17, 15) is 9.59 Å². The van der Waals surface area contributed by atoms with Gasteiger partial charge >= 0.3 is 0 Å². The molecule has 5 heteroatoms. The number of carbonyl (C=O) groups excluding carboxylic acids is 2. The molecule has 2 fully saturated rings. The van der Waals surface area contributed by atoms with E-state index in [-0.39, 0.29) is 30.3 Å². The van der Waals surface area contributed by atoms with Crippen molar-refractivity contribution in [1.29, 1.82) is 0 Å². The van der Waals surface area contributed by atoms with Crippen molar-refractivity contribution < 1.29 is 9.59 Å². The van der Waals surface area contributed by atoms with E-state index in [1.807, 2.05) is 13.8 Å². The molecule has 0 aromatic carbocycles. The lowest BCUT2D eigenvalue weighted by molar-refractivity contribution is -0.129. The smallest absolute Gasteiger partial charge is 0.239 e. The van der Waals surface area contributed by atoms with Crippen molar-refractivity contribution >= 4 is 11.8 Å². The lowest BCUT2D eigenvalue weighted by Gasteiger charge is -2.19. The Labute approximate surface area is 102 Å². The van der Waals surface area contributed by atoms with Crippen molar-refractivity contribution in [2.75, 3.05) is 6.54 Å². The van der Waals surface area contributed by atoms with E-state index in [1.165, 1.54) is 6.42 Å². The predicted molar refractivity (Wildman–Crippen MR) is 64.3 cm³/mol. The Morgan fingerprint density at radius 1 is 1.35 bits per heavy atom. The molecule has 0 radical (unpaired) electrons. The third-order valence-corrected chi connectivity index (χ3v) is 3.51. The second-order valence-corrected chi connectivity index (χ2v) is 5.33. The van der Waals surface area contributed by atoms with Crippen LogP contribution < -0.4 is 16.0 Å². The quantitative estimate of drug-likeness (QED) is 0.634. The predicted octanol–water partition coefficient (Wildman–Crippen LogP) is -0.232. The van der Waals surface area contributed by atoms with E-state index >= 15 is 0 Å². The molecule has 17 heavy (non-hydrogen) atoms. The largest absolute Gasteiger partial charge is 0.352 e. The number of hydrogen-bond donors (Lipinski definition) is 3. The molecule has 0 aromatic heterocycles. The molecule has 0 aromatic rings. The monoisotopic (exact) mass is 239 g/mol. The summed E-state index contributed by atoms with van der Waals surface area (Å²) in [5.74, 6) is -0.0475. The summed E-state index contributed by atoms with van der Waals surface area (Å²) in [5, 5.41) is 8.89. The van der Waals surface area contributed by atoms with Crippen molar-refractivity contribution in [3.05, 3.63) is 0 Å². The maximum absolute atomic E-state index is 11.9. The summed E-state index contributed by atoms with van der Waals surface area (Å²) in [7, 11) is 0. The van der Waals surface area contributed by atoms with Crippen LogP contribution in [0.2, 0.25) is 0 Å². The summed E-state index contributed by atoms with van der Waals surface area (Å²) >= 11 is 0. The zero-order valence-electron chi connectivity index (χ0n) is 10.5. The lowest BCUT2D eigenvalue weighted by Crippen LogP contribution is -2.44. The summed E-state index contributed by atoms with van der Waals surface area (Å²) in [6.45, 7) is 3.89. The van der Waals surface area contributed by atoms with Crippen LogP contribution in [0.1, 0.15) is 33.1 Å². The van der Waals surface area contributed by atoms with Crippen LogP contribution in [-0.2, 0) is 9.59 Å². The molecule has 2 bridgehead atoms. The Balaban J connectivity index is 1.73. The molecule has 2 saturated heterocycles. The topological polar surface area (TPSA) is 70.2 Å². The fourth-order valence-electron chi connectivity index (χ4n) is 2.79. The second kappa shape index (κ2) is 5.04. The van der Waals surface area contributed by atoms with E-state index in [4.69, 9.17) is 0 Å². The number of carbonyl (C=O) groups is 2. The van der Waals surface area contributed by atoms with Gasteiger partial charge in [-0.2, -0.15) is 0 Å². The Morgan fingerprint density at radius 3 is 2.65 bits per heavy atom. The van der Waals surface area contributed by atoms with E-state index in [0.717, 1.165) is 12.8 Å². The molecule has 0 saturated carbocycles. The highest BCUT2D eigenvalue weighted by molar-refractivity contribution is 5.86. The van der Waals surface area contributed by atoms with Crippen LogP contribution in [0.3, 0.4) is 0 Å². The molecule has 96 valence electrons. The summed E-state index contributed by atoms with van der Waals surface area (Å²) in [6, 6.07) is 0.956. The third-order valence-electron chi connectivity index (χ3n) is 3.51. The van der Waals surface area contributed by atoms with Crippen LogP contribution in [0.4, 0.5) is 0 Å². The van der Waals surface area contributed by atoms with E-state index < -0.39 is 0 Å². The molecule has 3 N–H and O–H groups in total. The molecule has 2 aliphatic rings. The summed E-state index contributed by atoms with van der Waals surface area (Å²) in [6.07, 6.45) is 3.19. The standard InChI is InChI=1S/C12H21N3O2/c1-7(2)14-11(16)6-13-12(17)9-5-8-3-4-10(9)15-8/h7-10,15H,3-6H2,1-2H3,(H,13,17)(H,14,16). The molecule has 2 heterocycles. The normalized spacial score (nSPS) is 30.6. The lowest BCUT2D eigenvalue weighted by atomic mass is 9.88. The highest BCUT2D eigenvalue weighted by atomic mass is 16.2. The number of amides is 2. The first-order valence-electron chi connectivity index (χ1n) is 6.39. The molecule has 3 atom stereocenters. The first-order valence-corrected chi connectivity index (χ1v) is 6.39. The highest BCUT2D eigenvalue weighted by Gasteiger charge is 2.42. The van der Waals surface area contributed by atoms with Gasteiger partial charge in [-0.25, -0.2) is 0 Å². The van der Waals surface area contributed by atoms with Gasteiger partial charge in [0.05, 0.1) is 12.5 Å². The van der Waals surface area contributed by atoms with Gasteiger partial charge in [0.25, 0.3) is 0 Å². The third kappa shape index (κ3) is 2.97. The van der Waals surface area contributed by atoms with Crippen molar-refractivity contribution in [2.24, 2.45) is 5.92 Å². The fourth-order valence-corrected chi connectivity index (χ4v) is 2.79. The summed E-state index contributed by atoms with van der Waals surface area (Å²) in [4.78, 5) is 23.3. The van der Waals surface area contributed by atoms with Gasteiger partial charge in [0, 0.05) is 18.1 Å². The Morgan fingerprint density at radius 2 is 2.12 bits per heavy atom. The van der Waals surface area contributed by atoms with Crippen LogP contribution in [0, 0.1) is 5.92 Å². The van der Waals surface area contributed by atoms with Crippen LogP contribution in [0.5, 0.6) is 0 Å². The average Bonchev–Trinajstić information content (AvgIpc) is 2.86. The van der Waals surface area contributed by atoms with Gasteiger partial charge in [0.15, 0.2) is 0 Å². The Hall–Kier alpha value is -1.10. The van der Waals surface area contributed by atoms with Crippen LogP contribution in [0.15, 0.2) is 0 Å². The number of nitrogens with one attached hydrogen (secondary N) is 3. The summed E-state index contributed by atoms with van der Waals surface area (Å²) in [5.41, 5.74) is 0. The van der Waals surface area contributed by atoms with Gasteiger partial charge < -0.3 is 16.0 Å². The van der Waals surface area contributed by atoms with Gasteiger partial charge in [-0.3, -0.25) is 9.59 Å². The molecule has 3 unspecified atom stereocenters. The zero-order valence-corrected chi connectivity index (χ0v) is 10.5. The first-order chi connectivity index (χ1) is 8.06. The van der Waals surface area contributed by atoms with Crippen molar-refractivity contribution in [1.82, 2.24) is 16.0 Å². The minimum atomic E-state index is -0.121. The Kier molecular flexibility index (Phi) is 3.66. The van der Waals surface area contributed by atoms with Crippen LogP contribution in [0.25, 0.3) is 0 Å². The van der Waals surface area contributed by atoms with Crippen molar-refractivity contribution in [3.63, 3.8) is 0 Å². The second-order valence-electron chi connectivity index (χ2n) is 5.33. The molecular formula is C12H21N3O2. The average molecular weight is 239 g/mol. The van der Waals surface area contributed by atoms with Gasteiger partial charge in [0.1, 0.15) is 0 Å². The molecule has 0 aliphatic carbocycles. The van der Waals surface area contributed by atoms with Gasteiger partial charge in [-0.05, 0) is 33.1 Å². The highest BCUT2D eigenvalue weighted by Crippen LogP contribution is 2.33. The van der Waals surface area contributed by atoms with Crippen molar-refractivity contribution in [2.45, 2.75) is 51.2 Å². The molecule has 2 aliphatic heterocycles. The van der Waals surface area contributed by atoms with Gasteiger partial charge in [-0.1, -0.05) is 0 Å². The first kappa shape index (κ1) is 12.4. The van der Waals surface area contributed by atoms with Gasteiger partial charge in [-0.15, -0.1) is 0 Å². The van der Waals surface area contributed by atoms with E-state index in [1.54, 1.807) is 0 Å². The zero-order chi connectivity index (χ0) is 12.4. The maximum atomic E-state index is 11.9. The summed E-state index contributed by atoms with van der Waals surface area (Å²) < 4.78 is 0. The molecule has 2 rings (SSSR count). The van der Waals surface area contributed by atoms with Crippen LogP contribution >= 0.6 is 0 Å². The van der Waals surface area contributed by atoms with Crippen LogP contribution in [-0.4, -0.2) is 36.5 Å². The molecule has 0 spiro atoms. The number of rotatable bonds is 4. The van der Waals surface area contributed by atoms with Crippen molar-refractivity contribution in [3.8, 4) is 0 Å². The molecule has 2 amide bonds. The molecule has 5 nitrogen and oxygen atoms in total. The van der Waals surface area contributed by atoms with E-state index in [0.29, 0.717) is 12.1 Å². The SMILES string of the molecule is CC(C)NC(=O)CNC(=O)C1CC2CCC1N2. The number of fused-ring (bicyclic) bond motifs is 2. The number of hydrogen-bond acceptors (Lipinski definition) is 3. The minimum absolute atomic E-state index is 0.0172.